The quantitative estimate of drug-likeness (QED) is 0.581. The predicted octanol–water partition coefficient (Wildman–Crippen LogP) is 3.11. The minimum Gasteiger partial charge on any atom is -0.300 e. The van der Waals surface area contributed by atoms with E-state index in [4.69, 9.17) is 0 Å². The van der Waals surface area contributed by atoms with Gasteiger partial charge in [0.15, 0.2) is 9.84 Å². The van der Waals surface area contributed by atoms with Crippen LogP contribution in [0, 0.1) is 10.1 Å². The van der Waals surface area contributed by atoms with Gasteiger partial charge in [0.25, 0.3) is 11.6 Å². The van der Waals surface area contributed by atoms with Gasteiger partial charge in [-0.15, -0.1) is 0 Å². The lowest BCUT2D eigenvalue weighted by molar-refractivity contribution is -0.384. The molecule has 1 aliphatic rings. The summed E-state index contributed by atoms with van der Waals surface area (Å²) in [5.41, 5.74) is 1.68. The van der Waals surface area contributed by atoms with Crippen LogP contribution in [0.4, 0.5) is 11.4 Å². The highest BCUT2D eigenvalue weighted by molar-refractivity contribution is 7.94. The van der Waals surface area contributed by atoms with Gasteiger partial charge < -0.3 is 4.90 Å². The molecule has 0 saturated heterocycles. The number of amides is 1. The van der Waals surface area contributed by atoms with Gasteiger partial charge in [0, 0.05) is 28.8 Å². The second-order valence-electron chi connectivity index (χ2n) is 6.19. The fourth-order valence-electron chi connectivity index (χ4n) is 3.07. The van der Waals surface area contributed by atoms with E-state index in [1.54, 1.807) is 12.1 Å². The molecule has 0 N–H and O–H groups in total. The summed E-state index contributed by atoms with van der Waals surface area (Å²) in [5, 5.41) is 12.0. The van der Waals surface area contributed by atoms with Crippen LogP contribution in [0.25, 0.3) is 0 Å². The molecule has 0 radical (unpaired) electrons. The summed E-state index contributed by atoms with van der Waals surface area (Å²) in [5.74, 6) is -0.596. The summed E-state index contributed by atoms with van der Waals surface area (Å²) in [6.07, 6.45) is 2.18. The first kappa shape index (κ1) is 18.8. The van der Waals surface area contributed by atoms with Gasteiger partial charge in [-0.05, 0) is 36.3 Å². The van der Waals surface area contributed by atoms with Crippen molar-refractivity contribution in [3.8, 4) is 0 Å². The lowest BCUT2D eigenvalue weighted by atomic mass is 10.1. The second-order valence-corrected chi connectivity index (χ2v) is 8.12. The lowest BCUT2D eigenvalue weighted by Gasteiger charge is -2.29. The largest absolute Gasteiger partial charge is 0.300 e. The highest BCUT2D eigenvalue weighted by atomic mass is 32.2. The van der Waals surface area contributed by atoms with Gasteiger partial charge in [-0.3, -0.25) is 14.9 Å². The number of nitrogens with zero attached hydrogens (tertiary/aromatic N) is 2. The molecule has 1 unspecified atom stereocenters. The van der Waals surface area contributed by atoms with E-state index in [9.17, 15) is 23.3 Å². The highest BCUT2D eigenvalue weighted by Gasteiger charge is 2.33. The maximum absolute atomic E-state index is 13.2. The van der Waals surface area contributed by atoms with Crippen molar-refractivity contribution >= 4 is 27.1 Å². The molecular weight excluding hydrogens is 368 g/mol. The van der Waals surface area contributed by atoms with E-state index in [0.29, 0.717) is 12.1 Å². The van der Waals surface area contributed by atoms with Crippen molar-refractivity contribution in [2.45, 2.75) is 19.4 Å². The molecule has 7 nitrogen and oxygen atoms in total. The smallest absolute Gasteiger partial charge is 0.269 e. The second kappa shape index (κ2) is 7.32. The molecule has 1 heterocycles. The van der Waals surface area contributed by atoms with Gasteiger partial charge in [0.1, 0.15) is 0 Å². The maximum Gasteiger partial charge on any atom is 0.269 e. The summed E-state index contributed by atoms with van der Waals surface area (Å²) < 4.78 is 23.8. The predicted molar refractivity (Wildman–Crippen MR) is 102 cm³/mol. The third-order valence-electron chi connectivity index (χ3n) is 4.42. The number of non-ortho nitro benzene ring substituents is 1. The maximum atomic E-state index is 13.2. The van der Waals surface area contributed by atoms with Crippen molar-refractivity contribution in [1.82, 2.24) is 0 Å². The number of nitro benzene ring substituents is 1. The van der Waals surface area contributed by atoms with E-state index in [1.165, 1.54) is 35.2 Å². The standard InChI is InChI=1S/C19H18N2O5S/c1-2-14-5-3-4-6-18(14)20(17-11-12-27(25,26)13-17)19(22)15-7-9-16(10-8-15)21(23)24/h3-12,17H,2,13H2,1H3. The van der Waals surface area contributed by atoms with E-state index in [1.807, 2.05) is 19.1 Å². The first-order chi connectivity index (χ1) is 12.8. The first-order valence-electron chi connectivity index (χ1n) is 8.39. The average Bonchev–Trinajstić information content (AvgIpc) is 3.01. The Labute approximate surface area is 157 Å². The minimum absolute atomic E-state index is 0.115. The number of para-hydroxylation sites is 1. The molecule has 1 atom stereocenters. The zero-order valence-electron chi connectivity index (χ0n) is 14.6. The van der Waals surface area contributed by atoms with Crippen LogP contribution in [-0.2, 0) is 16.3 Å². The summed E-state index contributed by atoms with van der Waals surface area (Å²) in [4.78, 5) is 25.0. The first-order valence-corrected chi connectivity index (χ1v) is 10.1. The molecule has 0 aliphatic carbocycles. The number of carbonyl (C=O) groups is 1. The van der Waals surface area contributed by atoms with Gasteiger partial charge in [-0.1, -0.05) is 25.1 Å². The Kier molecular flexibility index (Phi) is 5.09. The molecule has 0 bridgehead atoms. The normalized spacial score (nSPS) is 17.6. The fourth-order valence-corrected chi connectivity index (χ4v) is 4.34. The number of hydrogen-bond acceptors (Lipinski definition) is 5. The topological polar surface area (TPSA) is 97.6 Å². The SMILES string of the molecule is CCc1ccccc1N(C(=O)c1ccc([N+](=O)[O-])cc1)C1C=CS(=O)(=O)C1. The molecule has 27 heavy (non-hydrogen) atoms. The zero-order chi connectivity index (χ0) is 19.6. The van der Waals surface area contributed by atoms with Crippen LogP contribution in [0.5, 0.6) is 0 Å². The number of aryl methyl sites for hydroxylation is 1. The lowest BCUT2D eigenvalue weighted by Crippen LogP contribution is -2.41. The fraction of sp³-hybridized carbons (Fsp3) is 0.211. The average molecular weight is 386 g/mol. The zero-order valence-corrected chi connectivity index (χ0v) is 15.4. The van der Waals surface area contributed by atoms with Crippen LogP contribution >= 0.6 is 0 Å². The van der Waals surface area contributed by atoms with Gasteiger partial charge in [-0.2, -0.15) is 0 Å². The van der Waals surface area contributed by atoms with Gasteiger partial charge in [0.2, 0.25) is 0 Å². The molecule has 0 spiro atoms. The van der Waals surface area contributed by atoms with Crippen LogP contribution in [0.15, 0.2) is 60.0 Å². The Balaban J connectivity index is 2.05. The van der Waals surface area contributed by atoms with Crippen LogP contribution in [0.1, 0.15) is 22.8 Å². The van der Waals surface area contributed by atoms with Gasteiger partial charge in [0.05, 0.1) is 16.7 Å². The Bertz CT molecular complexity index is 1010. The molecule has 3 rings (SSSR count). The summed E-state index contributed by atoms with van der Waals surface area (Å²) in [6.45, 7) is 1.95. The van der Waals surface area contributed by atoms with Crippen LogP contribution in [0.2, 0.25) is 0 Å². The Morgan fingerprint density at radius 2 is 1.85 bits per heavy atom. The highest BCUT2D eigenvalue weighted by Crippen LogP contribution is 2.29. The number of anilines is 1. The van der Waals surface area contributed by atoms with Crippen LogP contribution < -0.4 is 4.90 Å². The molecule has 1 amide bonds. The van der Waals surface area contributed by atoms with Crippen molar-refractivity contribution in [3.63, 3.8) is 0 Å². The van der Waals surface area contributed by atoms with Crippen LogP contribution in [-0.4, -0.2) is 31.0 Å². The van der Waals surface area contributed by atoms with E-state index in [2.05, 4.69) is 0 Å². The number of nitro groups is 1. The van der Waals surface area contributed by atoms with Gasteiger partial charge >= 0.3 is 0 Å². The molecule has 0 fully saturated rings. The molecule has 0 saturated carbocycles. The number of rotatable bonds is 5. The Morgan fingerprint density at radius 3 is 2.41 bits per heavy atom. The molecule has 0 aromatic heterocycles. The van der Waals surface area contributed by atoms with Crippen molar-refractivity contribution in [2.75, 3.05) is 10.7 Å². The third kappa shape index (κ3) is 3.90. The number of hydrogen-bond donors (Lipinski definition) is 0. The van der Waals surface area contributed by atoms with E-state index < -0.39 is 26.7 Å². The third-order valence-corrected chi connectivity index (χ3v) is 5.80. The molecule has 2 aromatic rings. The summed E-state index contributed by atoms with van der Waals surface area (Å²) in [6, 6.07) is 12.0. The molecular formula is C19H18N2O5S. The summed E-state index contributed by atoms with van der Waals surface area (Å²) >= 11 is 0. The molecule has 8 heteroatoms. The minimum atomic E-state index is -3.37. The monoisotopic (exact) mass is 386 g/mol. The number of sulfone groups is 1. The van der Waals surface area contributed by atoms with Crippen molar-refractivity contribution < 1.29 is 18.1 Å². The number of benzene rings is 2. The number of carbonyl (C=O) groups excluding carboxylic acids is 1. The molecule has 140 valence electrons. The van der Waals surface area contributed by atoms with Crippen LogP contribution in [0.3, 0.4) is 0 Å². The molecule has 1 aliphatic heterocycles. The van der Waals surface area contributed by atoms with E-state index in [0.717, 1.165) is 11.0 Å². The Hall–Kier alpha value is -3.00. The Morgan fingerprint density at radius 1 is 1.19 bits per heavy atom. The van der Waals surface area contributed by atoms with Crippen molar-refractivity contribution in [3.05, 3.63) is 81.3 Å². The molecule has 2 aromatic carbocycles. The van der Waals surface area contributed by atoms with Crippen molar-refractivity contribution in [1.29, 1.82) is 0 Å². The van der Waals surface area contributed by atoms with Crippen molar-refractivity contribution in [2.24, 2.45) is 0 Å². The summed E-state index contributed by atoms with van der Waals surface area (Å²) in [7, 11) is -3.37. The van der Waals surface area contributed by atoms with E-state index in [-0.39, 0.29) is 17.0 Å². The van der Waals surface area contributed by atoms with Gasteiger partial charge in [-0.25, -0.2) is 8.42 Å². The van der Waals surface area contributed by atoms with E-state index >= 15 is 0 Å².